The van der Waals surface area contributed by atoms with Crippen LogP contribution in [0.4, 0.5) is 0 Å². The van der Waals surface area contributed by atoms with Crippen LogP contribution in [0.5, 0.6) is 0 Å². The number of hydrogen-bond acceptors (Lipinski definition) is 2. The molecule has 2 aromatic rings. The van der Waals surface area contributed by atoms with Crippen LogP contribution in [0.1, 0.15) is 25.2 Å². The van der Waals surface area contributed by atoms with E-state index in [9.17, 15) is 0 Å². The Morgan fingerprint density at radius 2 is 2.22 bits per heavy atom. The lowest BCUT2D eigenvalue weighted by Gasteiger charge is -2.11. The monoisotopic (exact) mass is 263 g/mol. The third-order valence-electron chi connectivity index (χ3n) is 2.89. The van der Waals surface area contributed by atoms with Gasteiger partial charge in [-0.1, -0.05) is 24.6 Å². The van der Waals surface area contributed by atoms with Gasteiger partial charge in [-0.25, -0.2) is 4.98 Å². The fourth-order valence-corrected chi connectivity index (χ4v) is 2.28. The first kappa shape index (κ1) is 13.1. The van der Waals surface area contributed by atoms with Crippen LogP contribution in [0.25, 0.3) is 5.69 Å². The van der Waals surface area contributed by atoms with Gasteiger partial charge in [0.25, 0.3) is 0 Å². The first-order valence-electron chi connectivity index (χ1n) is 6.18. The quantitative estimate of drug-likeness (QED) is 0.922. The number of nitrogens with zero attached hydrogens (tertiary/aromatic N) is 2. The second kappa shape index (κ2) is 5.55. The Labute approximate surface area is 113 Å². The highest BCUT2D eigenvalue weighted by Crippen LogP contribution is 2.22. The van der Waals surface area contributed by atoms with Gasteiger partial charge in [0, 0.05) is 35.6 Å². The smallest absolute Gasteiger partial charge is 0.112 e. The molecule has 0 amide bonds. The molecule has 96 valence electrons. The zero-order valence-corrected chi connectivity index (χ0v) is 11.5. The normalized spacial score (nSPS) is 12.7. The van der Waals surface area contributed by atoms with Crippen LogP contribution in [0, 0.1) is 0 Å². The van der Waals surface area contributed by atoms with Crippen molar-refractivity contribution >= 4 is 11.6 Å². The summed E-state index contributed by atoms with van der Waals surface area (Å²) < 4.78 is 2.06. The highest BCUT2D eigenvalue weighted by atomic mass is 35.5. The summed E-state index contributed by atoms with van der Waals surface area (Å²) in [4.78, 5) is 4.31. The third kappa shape index (κ3) is 2.74. The molecular weight excluding hydrogens is 246 g/mol. The van der Waals surface area contributed by atoms with Crippen LogP contribution in [0.2, 0.25) is 5.02 Å². The minimum Gasteiger partial charge on any atom is -0.328 e. The number of rotatable bonds is 4. The molecule has 1 aromatic heterocycles. The molecule has 0 saturated heterocycles. The summed E-state index contributed by atoms with van der Waals surface area (Å²) in [7, 11) is 0. The number of imidazole rings is 1. The van der Waals surface area contributed by atoms with Crippen molar-refractivity contribution in [2.45, 2.75) is 32.7 Å². The predicted octanol–water partition coefficient (Wildman–Crippen LogP) is 2.98. The van der Waals surface area contributed by atoms with Crippen molar-refractivity contribution in [3.8, 4) is 5.69 Å². The molecule has 0 saturated carbocycles. The first-order valence-corrected chi connectivity index (χ1v) is 6.56. The van der Waals surface area contributed by atoms with Gasteiger partial charge in [-0.05, 0) is 31.0 Å². The topological polar surface area (TPSA) is 43.8 Å². The molecule has 0 radical (unpaired) electrons. The predicted molar refractivity (Wildman–Crippen MR) is 75.3 cm³/mol. The number of nitrogens with two attached hydrogens (primary N) is 1. The third-order valence-corrected chi connectivity index (χ3v) is 3.24. The molecule has 0 aliphatic carbocycles. The van der Waals surface area contributed by atoms with Crippen LogP contribution in [0.3, 0.4) is 0 Å². The van der Waals surface area contributed by atoms with E-state index in [0.29, 0.717) is 0 Å². The van der Waals surface area contributed by atoms with Crippen LogP contribution < -0.4 is 5.73 Å². The second-order valence-corrected chi connectivity index (χ2v) is 4.93. The van der Waals surface area contributed by atoms with E-state index in [4.69, 9.17) is 17.3 Å². The molecule has 3 nitrogen and oxygen atoms in total. The van der Waals surface area contributed by atoms with E-state index in [1.165, 1.54) is 0 Å². The zero-order chi connectivity index (χ0) is 13.1. The second-order valence-electron chi connectivity index (χ2n) is 4.52. The van der Waals surface area contributed by atoms with Gasteiger partial charge in [0.1, 0.15) is 5.82 Å². The Morgan fingerprint density at radius 1 is 1.44 bits per heavy atom. The van der Waals surface area contributed by atoms with Crippen molar-refractivity contribution in [3.05, 3.63) is 47.0 Å². The van der Waals surface area contributed by atoms with Crippen molar-refractivity contribution in [2.24, 2.45) is 5.73 Å². The summed E-state index contributed by atoms with van der Waals surface area (Å²) in [5.74, 6) is 1.03. The van der Waals surface area contributed by atoms with Crippen LogP contribution in [0.15, 0.2) is 30.6 Å². The number of aryl methyl sites for hydroxylation is 1. The van der Waals surface area contributed by atoms with E-state index in [1.807, 2.05) is 31.5 Å². The molecule has 1 heterocycles. The maximum atomic E-state index is 6.30. The average Bonchev–Trinajstić information content (AvgIpc) is 2.79. The molecule has 0 bridgehead atoms. The summed E-state index contributed by atoms with van der Waals surface area (Å²) in [6.45, 7) is 4.07. The summed E-state index contributed by atoms with van der Waals surface area (Å²) in [5, 5.41) is 0.764. The minimum absolute atomic E-state index is 0.118. The molecule has 0 spiro atoms. The summed E-state index contributed by atoms with van der Waals surface area (Å²) >= 11 is 6.30. The Bertz CT molecular complexity index is 532. The van der Waals surface area contributed by atoms with Gasteiger partial charge in [0.2, 0.25) is 0 Å². The highest BCUT2D eigenvalue weighted by Gasteiger charge is 2.07. The van der Waals surface area contributed by atoms with E-state index >= 15 is 0 Å². The molecule has 1 aromatic carbocycles. The lowest BCUT2D eigenvalue weighted by atomic mass is 10.1. The van der Waals surface area contributed by atoms with Crippen molar-refractivity contribution < 1.29 is 0 Å². The van der Waals surface area contributed by atoms with Gasteiger partial charge in [-0.15, -0.1) is 0 Å². The van der Waals surface area contributed by atoms with Crippen molar-refractivity contribution in [1.29, 1.82) is 0 Å². The molecule has 1 atom stereocenters. The van der Waals surface area contributed by atoms with Crippen LogP contribution in [-0.2, 0) is 12.8 Å². The lowest BCUT2D eigenvalue weighted by Crippen LogP contribution is -2.18. The molecule has 4 heteroatoms. The molecular formula is C14H18ClN3. The van der Waals surface area contributed by atoms with Gasteiger partial charge in [0.15, 0.2) is 0 Å². The number of halogens is 1. The summed E-state index contributed by atoms with van der Waals surface area (Å²) in [6, 6.07) is 6.19. The molecule has 0 aliphatic rings. The van der Waals surface area contributed by atoms with Gasteiger partial charge < -0.3 is 10.3 Å². The van der Waals surface area contributed by atoms with E-state index < -0.39 is 0 Å². The minimum atomic E-state index is 0.118. The molecule has 18 heavy (non-hydrogen) atoms. The molecule has 0 aliphatic heterocycles. The first-order chi connectivity index (χ1) is 8.61. The molecule has 1 unspecified atom stereocenters. The van der Waals surface area contributed by atoms with E-state index in [1.54, 1.807) is 0 Å². The van der Waals surface area contributed by atoms with Crippen molar-refractivity contribution in [2.75, 3.05) is 0 Å². The maximum absolute atomic E-state index is 6.30. The van der Waals surface area contributed by atoms with Crippen molar-refractivity contribution in [1.82, 2.24) is 9.55 Å². The van der Waals surface area contributed by atoms with E-state index in [0.717, 1.165) is 34.9 Å². The Balaban J connectivity index is 2.34. The Kier molecular flexibility index (Phi) is 4.04. The Morgan fingerprint density at radius 3 is 2.83 bits per heavy atom. The number of aromatic nitrogens is 2. The van der Waals surface area contributed by atoms with Gasteiger partial charge in [-0.3, -0.25) is 0 Å². The van der Waals surface area contributed by atoms with Gasteiger partial charge in [-0.2, -0.15) is 0 Å². The number of hydrogen-bond donors (Lipinski definition) is 1. The number of benzene rings is 1. The molecule has 2 N–H and O–H groups in total. The summed E-state index contributed by atoms with van der Waals surface area (Å²) in [5.41, 5.74) is 7.93. The SMILES string of the molecule is CCc1nccn1-c1ccc(CC(C)N)c(Cl)c1. The lowest BCUT2D eigenvalue weighted by molar-refractivity contribution is 0.738. The van der Waals surface area contributed by atoms with Gasteiger partial charge in [0.05, 0.1) is 0 Å². The van der Waals surface area contributed by atoms with E-state index in [2.05, 4.69) is 22.5 Å². The average molecular weight is 264 g/mol. The Hall–Kier alpha value is -1.32. The fourth-order valence-electron chi connectivity index (χ4n) is 2.03. The zero-order valence-electron chi connectivity index (χ0n) is 10.7. The molecule has 0 fully saturated rings. The molecule has 2 rings (SSSR count). The summed E-state index contributed by atoms with van der Waals surface area (Å²) in [6.07, 6.45) is 5.45. The largest absolute Gasteiger partial charge is 0.328 e. The standard InChI is InChI=1S/C14H18ClN3/c1-3-14-17-6-7-18(14)12-5-4-11(8-10(2)16)13(15)9-12/h4-7,9-10H,3,8,16H2,1-2H3. The van der Waals surface area contributed by atoms with Gasteiger partial charge >= 0.3 is 0 Å². The maximum Gasteiger partial charge on any atom is 0.112 e. The highest BCUT2D eigenvalue weighted by molar-refractivity contribution is 6.31. The van der Waals surface area contributed by atoms with E-state index in [-0.39, 0.29) is 6.04 Å². The van der Waals surface area contributed by atoms with Crippen molar-refractivity contribution in [3.63, 3.8) is 0 Å². The van der Waals surface area contributed by atoms with Crippen LogP contribution in [-0.4, -0.2) is 15.6 Å². The van der Waals surface area contributed by atoms with Crippen LogP contribution >= 0.6 is 11.6 Å². The fraction of sp³-hybridized carbons (Fsp3) is 0.357.